The van der Waals surface area contributed by atoms with Crippen LogP contribution in [0.25, 0.3) is 0 Å². The standard InChI is InChI=1S/C13H27ClN2O/c1-12(2)16(3)11-7-6-10-15-13(17)8-4-5-9-14/h12H,4-11H2,1-3H3,(H,15,17). The Bertz CT molecular complexity index is 198. The minimum absolute atomic E-state index is 0.160. The fraction of sp³-hybridized carbons (Fsp3) is 0.923. The molecule has 0 bridgehead atoms. The predicted molar refractivity (Wildman–Crippen MR) is 74.6 cm³/mol. The van der Waals surface area contributed by atoms with Crippen molar-refractivity contribution < 1.29 is 4.79 Å². The number of alkyl halides is 1. The molecule has 1 N–H and O–H groups in total. The van der Waals surface area contributed by atoms with Crippen LogP contribution in [0.3, 0.4) is 0 Å². The Morgan fingerprint density at radius 2 is 1.94 bits per heavy atom. The van der Waals surface area contributed by atoms with E-state index >= 15 is 0 Å². The van der Waals surface area contributed by atoms with Crippen LogP contribution >= 0.6 is 11.6 Å². The van der Waals surface area contributed by atoms with Crippen LogP contribution in [-0.4, -0.2) is 42.9 Å². The fourth-order valence-electron chi connectivity index (χ4n) is 1.44. The molecule has 0 saturated carbocycles. The van der Waals surface area contributed by atoms with Crippen molar-refractivity contribution in [2.24, 2.45) is 0 Å². The van der Waals surface area contributed by atoms with Crippen molar-refractivity contribution >= 4 is 17.5 Å². The van der Waals surface area contributed by atoms with Gasteiger partial charge >= 0.3 is 0 Å². The second-order valence-electron chi connectivity index (χ2n) is 4.78. The number of nitrogens with zero attached hydrogens (tertiary/aromatic N) is 1. The van der Waals surface area contributed by atoms with Crippen molar-refractivity contribution in [3.8, 4) is 0 Å². The summed E-state index contributed by atoms with van der Waals surface area (Å²) in [6.07, 6.45) is 4.62. The molecule has 3 nitrogen and oxygen atoms in total. The van der Waals surface area contributed by atoms with Crippen molar-refractivity contribution in [3.63, 3.8) is 0 Å². The number of hydrogen-bond acceptors (Lipinski definition) is 2. The topological polar surface area (TPSA) is 32.3 Å². The van der Waals surface area contributed by atoms with Gasteiger partial charge in [-0.1, -0.05) is 0 Å². The van der Waals surface area contributed by atoms with Crippen molar-refractivity contribution in [3.05, 3.63) is 0 Å². The first-order valence-electron chi connectivity index (χ1n) is 6.60. The number of nitrogens with one attached hydrogen (secondary N) is 1. The Balaban J connectivity index is 3.30. The van der Waals surface area contributed by atoms with E-state index in [1.54, 1.807) is 0 Å². The molecule has 0 rings (SSSR count). The van der Waals surface area contributed by atoms with Crippen LogP contribution in [-0.2, 0) is 4.79 Å². The van der Waals surface area contributed by atoms with E-state index in [2.05, 4.69) is 31.1 Å². The van der Waals surface area contributed by atoms with Crippen molar-refractivity contribution in [1.82, 2.24) is 10.2 Å². The molecular formula is C13H27ClN2O. The zero-order chi connectivity index (χ0) is 13.1. The third kappa shape index (κ3) is 10.6. The van der Waals surface area contributed by atoms with Gasteiger partial charge in [-0.15, -0.1) is 11.6 Å². The lowest BCUT2D eigenvalue weighted by Crippen LogP contribution is -2.28. The molecule has 0 spiro atoms. The van der Waals surface area contributed by atoms with Gasteiger partial charge in [-0.3, -0.25) is 4.79 Å². The second kappa shape index (κ2) is 10.8. The fourth-order valence-corrected chi connectivity index (χ4v) is 1.63. The number of rotatable bonds is 10. The molecule has 0 radical (unpaired) electrons. The number of carbonyl (C=O) groups excluding carboxylic acids is 1. The molecule has 0 fully saturated rings. The number of hydrogen-bond donors (Lipinski definition) is 1. The molecule has 1 amide bonds. The van der Waals surface area contributed by atoms with Crippen molar-refractivity contribution in [2.75, 3.05) is 26.0 Å². The molecule has 0 aromatic rings. The zero-order valence-electron chi connectivity index (χ0n) is 11.5. The third-order valence-corrected chi connectivity index (χ3v) is 3.20. The Morgan fingerprint density at radius 3 is 2.53 bits per heavy atom. The minimum atomic E-state index is 0.160. The first-order chi connectivity index (χ1) is 8.07. The van der Waals surface area contributed by atoms with E-state index in [0.29, 0.717) is 18.3 Å². The number of halogens is 1. The summed E-state index contributed by atoms with van der Waals surface area (Å²) in [5, 5.41) is 2.94. The van der Waals surface area contributed by atoms with Crippen molar-refractivity contribution in [1.29, 1.82) is 0 Å². The summed E-state index contributed by atoms with van der Waals surface area (Å²) in [6.45, 7) is 6.28. The van der Waals surface area contributed by atoms with Gasteiger partial charge in [0.25, 0.3) is 0 Å². The summed E-state index contributed by atoms with van der Waals surface area (Å²) in [6, 6.07) is 0.597. The van der Waals surface area contributed by atoms with Gasteiger partial charge in [-0.2, -0.15) is 0 Å². The summed E-state index contributed by atoms with van der Waals surface area (Å²) in [5.74, 6) is 0.807. The molecule has 0 saturated heterocycles. The monoisotopic (exact) mass is 262 g/mol. The average molecular weight is 263 g/mol. The van der Waals surface area contributed by atoms with Crippen LogP contribution in [0.1, 0.15) is 46.0 Å². The summed E-state index contributed by atoms with van der Waals surface area (Å²) in [7, 11) is 2.13. The molecule has 0 unspecified atom stereocenters. The molecule has 17 heavy (non-hydrogen) atoms. The molecule has 0 aliphatic rings. The van der Waals surface area contributed by atoms with Gasteiger partial charge in [-0.25, -0.2) is 0 Å². The Labute approximate surface area is 111 Å². The molecule has 0 aromatic heterocycles. The highest BCUT2D eigenvalue weighted by atomic mass is 35.5. The number of carbonyl (C=O) groups is 1. The number of unbranched alkanes of at least 4 members (excludes halogenated alkanes) is 2. The lowest BCUT2D eigenvalue weighted by Gasteiger charge is -2.20. The van der Waals surface area contributed by atoms with Crippen LogP contribution < -0.4 is 5.32 Å². The van der Waals surface area contributed by atoms with Gasteiger partial charge in [0.05, 0.1) is 0 Å². The van der Waals surface area contributed by atoms with Crippen LogP contribution in [0.4, 0.5) is 0 Å². The maximum Gasteiger partial charge on any atom is 0.219 e. The molecule has 0 aliphatic heterocycles. The Morgan fingerprint density at radius 1 is 1.24 bits per heavy atom. The van der Waals surface area contributed by atoms with E-state index in [1.807, 2.05) is 0 Å². The lowest BCUT2D eigenvalue weighted by molar-refractivity contribution is -0.121. The van der Waals surface area contributed by atoms with E-state index < -0.39 is 0 Å². The first-order valence-corrected chi connectivity index (χ1v) is 7.14. The van der Waals surface area contributed by atoms with Gasteiger partial charge < -0.3 is 10.2 Å². The van der Waals surface area contributed by atoms with E-state index in [-0.39, 0.29) is 5.91 Å². The first kappa shape index (κ1) is 16.7. The largest absolute Gasteiger partial charge is 0.356 e. The smallest absolute Gasteiger partial charge is 0.219 e. The molecule has 102 valence electrons. The van der Waals surface area contributed by atoms with E-state index in [9.17, 15) is 4.79 Å². The van der Waals surface area contributed by atoms with Crippen LogP contribution in [0.2, 0.25) is 0 Å². The minimum Gasteiger partial charge on any atom is -0.356 e. The molecule has 0 aliphatic carbocycles. The molecular weight excluding hydrogens is 236 g/mol. The molecule has 4 heteroatoms. The normalized spacial score (nSPS) is 11.2. The average Bonchev–Trinajstić information content (AvgIpc) is 2.28. The van der Waals surface area contributed by atoms with E-state index in [0.717, 1.165) is 38.8 Å². The third-order valence-electron chi connectivity index (χ3n) is 2.93. The molecule has 0 atom stereocenters. The number of amides is 1. The van der Waals surface area contributed by atoms with Gasteiger partial charge in [0, 0.05) is 24.9 Å². The Hall–Kier alpha value is -0.280. The molecule has 0 heterocycles. The highest BCUT2D eigenvalue weighted by Gasteiger charge is 2.03. The van der Waals surface area contributed by atoms with Crippen molar-refractivity contribution in [2.45, 2.75) is 52.0 Å². The summed E-state index contributed by atoms with van der Waals surface area (Å²) in [4.78, 5) is 13.7. The van der Waals surface area contributed by atoms with Gasteiger partial charge in [-0.05, 0) is 53.1 Å². The van der Waals surface area contributed by atoms with E-state index in [1.165, 1.54) is 0 Å². The van der Waals surface area contributed by atoms with Gasteiger partial charge in [0.1, 0.15) is 0 Å². The highest BCUT2D eigenvalue weighted by Crippen LogP contribution is 1.99. The second-order valence-corrected chi connectivity index (χ2v) is 5.16. The van der Waals surface area contributed by atoms with E-state index in [4.69, 9.17) is 11.6 Å². The predicted octanol–water partition coefficient (Wildman–Crippen LogP) is 2.63. The van der Waals surface area contributed by atoms with Crippen LogP contribution in [0.15, 0.2) is 0 Å². The van der Waals surface area contributed by atoms with Crippen LogP contribution in [0.5, 0.6) is 0 Å². The van der Waals surface area contributed by atoms with Crippen LogP contribution in [0, 0.1) is 0 Å². The van der Waals surface area contributed by atoms with Gasteiger partial charge in [0.15, 0.2) is 0 Å². The SMILES string of the molecule is CC(C)N(C)CCCCNC(=O)CCCCCl. The zero-order valence-corrected chi connectivity index (χ0v) is 12.2. The maximum absolute atomic E-state index is 11.4. The summed E-state index contributed by atoms with van der Waals surface area (Å²) in [5.41, 5.74) is 0. The quantitative estimate of drug-likeness (QED) is 0.485. The van der Waals surface area contributed by atoms with Gasteiger partial charge in [0.2, 0.25) is 5.91 Å². The summed E-state index contributed by atoms with van der Waals surface area (Å²) >= 11 is 5.55. The molecule has 0 aromatic carbocycles. The lowest BCUT2D eigenvalue weighted by atomic mass is 10.2. The highest BCUT2D eigenvalue weighted by molar-refractivity contribution is 6.17. The maximum atomic E-state index is 11.4. The Kier molecular flexibility index (Phi) is 10.7. The summed E-state index contributed by atoms with van der Waals surface area (Å²) < 4.78 is 0.